The molecular weight excluding hydrogens is 532 g/mol. The van der Waals surface area contributed by atoms with Gasteiger partial charge in [0.2, 0.25) is 0 Å². The molecular formula is C26H15F6N3O2S. The number of aromatic nitrogens is 3. The molecule has 1 N–H and O–H groups in total. The zero-order valence-electron chi connectivity index (χ0n) is 19.1. The zero-order chi connectivity index (χ0) is 27.2. The highest BCUT2D eigenvalue weighted by atomic mass is 32.1. The van der Waals surface area contributed by atoms with Gasteiger partial charge < -0.3 is 5.11 Å². The predicted octanol–water partition coefficient (Wildman–Crippen LogP) is 6.93. The lowest BCUT2D eigenvalue weighted by molar-refractivity contribution is -0.142. The summed E-state index contributed by atoms with van der Waals surface area (Å²) >= 11 is 0.944. The molecule has 3 aromatic carbocycles. The fourth-order valence-electron chi connectivity index (χ4n) is 4.00. The summed E-state index contributed by atoms with van der Waals surface area (Å²) in [6.07, 6.45) is -3.78. The molecule has 0 aliphatic heterocycles. The number of hydrogen-bond acceptors (Lipinski definition) is 4. The number of nitrogens with zero attached hydrogens (tertiary/aromatic N) is 3. The van der Waals surface area contributed by atoms with Crippen LogP contribution < -0.4 is 0 Å². The zero-order valence-corrected chi connectivity index (χ0v) is 19.9. The minimum absolute atomic E-state index is 0.0549. The molecule has 0 amide bonds. The minimum Gasteiger partial charge on any atom is -0.478 e. The van der Waals surface area contributed by atoms with Crippen molar-refractivity contribution in [2.75, 3.05) is 0 Å². The minimum atomic E-state index is -4.89. The van der Waals surface area contributed by atoms with Gasteiger partial charge in [-0.3, -0.25) is 4.68 Å². The molecule has 0 saturated heterocycles. The quantitative estimate of drug-likeness (QED) is 0.185. The lowest BCUT2D eigenvalue weighted by Crippen LogP contribution is -2.12. The van der Waals surface area contributed by atoms with Crippen molar-refractivity contribution in [3.05, 3.63) is 106 Å². The summed E-state index contributed by atoms with van der Waals surface area (Å²) in [5.74, 6) is -5.08. The van der Waals surface area contributed by atoms with Gasteiger partial charge in [0.1, 0.15) is 16.9 Å². The molecule has 12 heteroatoms. The molecule has 5 aromatic rings. The van der Waals surface area contributed by atoms with Crippen molar-refractivity contribution in [1.82, 2.24) is 14.8 Å². The molecule has 0 unspecified atom stereocenters. The number of thiazole rings is 1. The van der Waals surface area contributed by atoms with Crippen LogP contribution in [-0.2, 0) is 19.1 Å². The number of halogens is 6. The summed E-state index contributed by atoms with van der Waals surface area (Å²) in [6.45, 7) is -0.0675. The third-order valence-corrected chi connectivity index (χ3v) is 6.80. The number of carboxylic acid groups (broad SMARTS) is 1. The predicted molar refractivity (Wildman–Crippen MR) is 127 cm³/mol. The molecule has 0 atom stereocenters. The van der Waals surface area contributed by atoms with E-state index in [0.29, 0.717) is 16.6 Å². The van der Waals surface area contributed by atoms with Crippen molar-refractivity contribution in [2.24, 2.45) is 0 Å². The van der Waals surface area contributed by atoms with E-state index in [2.05, 4.69) is 10.1 Å². The van der Waals surface area contributed by atoms with Gasteiger partial charge in [-0.1, -0.05) is 48.5 Å². The van der Waals surface area contributed by atoms with E-state index in [1.165, 1.54) is 0 Å². The standard InChI is InChI=1S/C26H15F6N3O2S/c27-18-10-19(28)23-22(21(18)29)33-20(38-23)9-14-2-1-3-16(8-14)15-6-4-13(5-7-15)11-35-12-17(25(36)37)24(34-35)26(30,31)32/h1-8,10,12H,9,11H2,(H,36,37). The van der Waals surface area contributed by atoms with Gasteiger partial charge >= 0.3 is 12.1 Å². The summed E-state index contributed by atoms with van der Waals surface area (Å²) in [5.41, 5.74) is 0.279. The summed E-state index contributed by atoms with van der Waals surface area (Å²) in [4.78, 5) is 15.2. The van der Waals surface area contributed by atoms with E-state index in [-0.39, 0.29) is 23.2 Å². The van der Waals surface area contributed by atoms with Crippen LogP contribution in [0.2, 0.25) is 0 Å². The van der Waals surface area contributed by atoms with Crippen LogP contribution in [-0.4, -0.2) is 25.8 Å². The third kappa shape index (κ3) is 4.99. The Hall–Kier alpha value is -4.19. The fourth-order valence-corrected chi connectivity index (χ4v) is 5.00. The molecule has 0 aliphatic carbocycles. The number of alkyl halides is 3. The Bertz CT molecular complexity index is 1680. The molecule has 0 bridgehead atoms. The molecule has 5 nitrogen and oxygen atoms in total. The van der Waals surface area contributed by atoms with Crippen LogP contribution in [0.1, 0.15) is 32.2 Å². The van der Waals surface area contributed by atoms with Gasteiger partial charge in [-0.25, -0.2) is 22.9 Å². The highest BCUT2D eigenvalue weighted by Gasteiger charge is 2.39. The Morgan fingerprint density at radius 2 is 1.68 bits per heavy atom. The molecule has 38 heavy (non-hydrogen) atoms. The average Bonchev–Trinajstić information content (AvgIpc) is 3.49. The Labute approximate surface area is 214 Å². The van der Waals surface area contributed by atoms with Crippen LogP contribution in [0.5, 0.6) is 0 Å². The molecule has 2 heterocycles. The van der Waals surface area contributed by atoms with Gasteiger partial charge in [0.25, 0.3) is 0 Å². The van der Waals surface area contributed by atoms with Crippen molar-refractivity contribution in [3.63, 3.8) is 0 Å². The maximum atomic E-state index is 14.0. The third-order valence-electron chi connectivity index (χ3n) is 5.73. The smallest absolute Gasteiger partial charge is 0.436 e. The number of aromatic carboxylic acids is 1. The van der Waals surface area contributed by atoms with Gasteiger partial charge in [-0.05, 0) is 22.3 Å². The van der Waals surface area contributed by atoms with Crippen molar-refractivity contribution in [3.8, 4) is 11.1 Å². The van der Waals surface area contributed by atoms with Crippen molar-refractivity contribution >= 4 is 27.5 Å². The van der Waals surface area contributed by atoms with Crippen LogP contribution in [0.15, 0.2) is 60.8 Å². The van der Waals surface area contributed by atoms with Gasteiger partial charge in [0, 0.05) is 18.7 Å². The molecule has 0 fully saturated rings. The number of carboxylic acids is 1. The summed E-state index contributed by atoms with van der Waals surface area (Å²) in [6, 6.07) is 14.7. The second-order valence-corrected chi connectivity index (χ2v) is 9.49. The van der Waals surface area contributed by atoms with Crippen LogP contribution in [0.25, 0.3) is 21.3 Å². The van der Waals surface area contributed by atoms with Gasteiger partial charge in [0.15, 0.2) is 17.3 Å². The topological polar surface area (TPSA) is 68.0 Å². The molecule has 0 aliphatic rings. The Morgan fingerprint density at radius 3 is 2.34 bits per heavy atom. The first-order chi connectivity index (χ1) is 18.0. The van der Waals surface area contributed by atoms with Crippen LogP contribution in [0, 0.1) is 17.5 Å². The van der Waals surface area contributed by atoms with E-state index in [4.69, 9.17) is 5.11 Å². The molecule has 0 saturated carbocycles. The monoisotopic (exact) mass is 547 g/mol. The van der Waals surface area contributed by atoms with E-state index >= 15 is 0 Å². The summed E-state index contributed by atoms with van der Waals surface area (Å²) in [7, 11) is 0. The molecule has 0 spiro atoms. The molecule has 2 aromatic heterocycles. The normalized spacial score (nSPS) is 11.8. The second kappa shape index (κ2) is 9.60. The van der Waals surface area contributed by atoms with Crippen LogP contribution >= 0.6 is 11.3 Å². The Morgan fingerprint density at radius 1 is 0.947 bits per heavy atom. The summed E-state index contributed by atoms with van der Waals surface area (Å²) < 4.78 is 81.7. The van der Waals surface area contributed by atoms with Gasteiger partial charge in [-0.2, -0.15) is 18.3 Å². The van der Waals surface area contributed by atoms with Crippen LogP contribution in [0.4, 0.5) is 26.3 Å². The highest BCUT2D eigenvalue weighted by molar-refractivity contribution is 7.18. The maximum Gasteiger partial charge on any atom is 0.436 e. The first-order valence-electron chi connectivity index (χ1n) is 11.0. The first kappa shape index (κ1) is 25.5. The molecule has 194 valence electrons. The SMILES string of the molecule is O=C(O)c1cn(Cc2ccc(-c3cccc(Cc4nc5c(F)c(F)cc(F)c5s4)c3)cc2)nc1C(F)(F)F. The van der Waals surface area contributed by atoms with E-state index in [1.807, 2.05) is 18.2 Å². The largest absolute Gasteiger partial charge is 0.478 e. The number of rotatable bonds is 6. The molecule has 5 rings (SSSR count). The fraction of sp³-hybridized carbons (Fsp3) is 0.115. The van der Waals surface area contributed by atoms with E-state index in [1.54, 1.807) is 30.3 Å². The number of benzene rings is 3. The molecule has 0 radical (unpaired) electrons. The maximum absolute atomic E-state index is 14.0. The lowest BCUT2D eigenvalue weighted by atomic mass is 10.0. The van der Waals surface area contributed by atoms with Crippen molar-refractivity contribution in [2.45, 2.75) is 19.1 Å². The van der Waals surface area contributed by atoms with Crippen molar-refractivity contribution < 1.29 is 36.2 Å². The number of hydrogen-bond donors (Lipinski definition) is 1. The van der Waals surface area contributed by atoms with E-state index in [9.17, 15) is 31.1 Å². The average molecular weight is 547 g/mol. The Balaban J connectivity index is 1.35. The first-order valence-corrected chi connectivity index (χ1v) is 11.8. The summed E-state index contributed by atoms with van der Waals surface area (Å²) in [5, 5.41) is 12.9. The second-order valence-electron chi connectivity index (χ2n) is 8.41. The van der Waals surface area contributed by atoms with Gasteiger partial charge in [-0.15, -0.1) is 11.3 Å². The highest BCUT2D eigenvalue weighted by Crippen LogP contribution is 2.32. The van der Waals surface area contributed by atoms with E-state index in [0.717, 1.165) is 38.9 Å². The van der Waals surface area contributed by atoms with Crippen LogP contribution in [0.3, 0.4) is 0 Å². The van der Waals surface area contributed by atoms with E-state index < -0.39 is 40.9 Å². The van der Waals surface area contributed by atoms with Gasteiger partial charge in [0.05, 0.1) is 16.3 Å². The lowest BCUT2D eigenvalue weighted by Gasteiger charge is -2.07. The number of carbonyl (C=O) groups is 1. The number of fused-ring (bicyclic) bond motifs is 1. The van der Waals surface area contributed by atoms with Crippen molar-refractivity contribution in [1.29, 1.82) is 0 Å². The Kier molecular flexibility index (Phi) is 6.43.